The van der Waals surface area contributed by atoms with Gasteiger partial charge >= 0.3 is 5.97 Å². The summed E-state index contributed by atoms with van der Waals surface area (Å²) in [5, 5.41) is 6.13. The average Bonchev–Trinajstić information content (AvgIpc) is 2.81. The van der Waals surface area contributed by atoms with E-state index in [2.05, 4.69) is 5.32 Å². The molecule has 0 aromatic carbocycles. The van der Waals surface area contributed by atoms with E-state index in [0.29, 0.717) is 5.56 Å². The van der Waals surface area contributed by atoms with Crippen LogP contribution in [-0.4, -0.2) is 30.3 Å². The van der Waals surface area contributed by atoms with E-state index in [1.165, 1.54) is 25.2 Å². The quantitative estimate of drug-likeness (QED) is 0.792. The molecule has 1 N–H and O–H groups in total. The monoisotopic (exact) mass is 269 g/mol. The van der Waals surface area contributed by atoms with Crippen molar-refractivity contribution in [2.75, 3.05) is 6.54 Å². The molecule has 1 heterocycles. The van der Waals surface area contributed by atoms with Gasteiger partial charge in [-0.3, -0.25) is 14.4 Å². The second-order valence-electron chi connectivity index (χ2n) is 3.76. The van der Waals surface area contributed by atoms with Crippen LogP contribution in [0.5, 0.6) is 0 Å². The number of carbonyl (C=O) groups is 3. The standard InChI is InChI=1S/C12H15NO4S/c1-8(14)9(2)17-11(15)3-5-13-12(16)10-4-6-18-7-10/h4,6-7,9H,3,5H2,1-2H3,(H,13,16). The van der Waals surface area contributed by atoms with E-state index in [4.69, 9.17) is 4.74 Å². The summed E-state index contributed by atoms with van der Waals surface area (Å²) in [6, 6.07) is 1.70. The van der Waals surface area contributed by atoms with E-state index >= 15 is 0 Å². The smallest absolute Gasteiger partial charge is 0.308 e. The van der Waals surface area contributed by atoms with Gasteiger partial charge in [0.25, 0.3) is 5.91 Å². The van der Waals surface area contributed by atoms with E-state index in [1.807, 2.05) is 0 Å². The van der Waals surface area contributed by atoms with E-state index < -0.39 is 12.1 Å². The van der Waals surface area contributed by atoms with Gasteiger partial charge in [0.1, 0.15) is 0 Å². The van der Waals surface area contributed by atoms with Crippen LogP contribution in [0.15, 0.2) is 16.8 Å². The Morgan fingerprint density at radius 1 is 1.44 bits per heavy atom. The van der Waals surface area contributed by atoms with Crippen molar-refractivity contribution >= 4 is 29.0 Å². The molecule has 6 heteroatoms. The molecular formula is C12H15NO4S. The van der Waals surface area contributed by atoms with Crippen molar-refractivity contribution in [2.45, 2.75) is 26.4 Å². The number of ether oxygens (including phenoxy) is 1. The molecule has 0 bridgehead atoms. The largest absolute Gasteiger partial charge is 0.455 e. The topological polar surface area (TPSA) is 72.5 Å². The first-order valence-electron chi connectivity index (χ1n) is 5.51. The first-order chi connectivity index (χ1) is 8.50. The molecule has 5 nitrogen and oxygen atoms in total. The lowest BCUT2D eigenvalue weighted by Gasteiger charge is -2.09. The lowest BCUT2D eigenvalue weighted by Crippen LogP contribution is -2.28. The van der Waals surface area contributed by atoms with Crippen molar-refractivity contribution in [3.8, 4) is 0 Å². The minimum Gasteiger partial charge on any atom is -0.455 e. The van der Waals surface area contributed by atoms with E-state index in [1.54, 1.807) is 16.8 Å². The highest BCUT2D eigenvalue weighted by Gasteiger charge is 2.13. The van der Waals surface area contributed by atoms with Crippen LogP contribution >= 0.6 is 11.3 Å². The van der Waals surface area contributed by atoms with Crippen molar-refractivity contribution in [3.63, 3.8) is 0 Å². The van der Waals surface area contributed by atoms with Crippen LogP contribution in [0.4, 0.5) is 0 Å². The fourth-order valence-corrected chi connectivity index (χ4v) is 1.75. The molecule has 0 saturated heterocycles. The van der Waals surface area contributed by atoms with E-state index in [0.717, 1.165) is 0 Å². The van der Waals surface area contributed by atoms with Gasteiger partial charge < -0.3 is 10.1 Å². The minimum atomic E-state index is -0.731. The Hall–Kier alpha value is -1.69. The second-order valence-corrected chi connectivity index (χ2v) is 4.54. The molecule has 0 fully saturated rings. The number of esters is 1. The molecule has 1 rings (SSSR count). The number of ketones is 1. The third-order valence-electron chi connectivity index (χ3n) is 2.28. The third-order valence-corrected chi connectivity index (χ3v) is 2.96. The number of hydrogen-bond acceptors (Lipinski definition) is 5. The van der Waals surface area contributed by atoms with Crippen molar-refractivity contribution in [2.24, 2.45) is 0 Å². The maximum absolute atomic E-state index is 11.5. The molecule has 0 radical (unpaired) electrons. The molecule has 0 aliphatic carbocycles. The zero-order valence-corrected chi connectivity index (χ0v) is 11.1. The van der Waals surface area contributed by atoms with Gasteiger partial charge in [-0.15, -0.1) is 0 Å². The van der Waals surface area contributed by atoms with Crippen molar-refractivity contribution < 1.29 is 19.1 Å². The Bertz CT molecular complexity index is 427. The summed E-state index contributed by atoms with van der Waals surface area (Å²) in [6.45, 7) is 3.07. The fourth-order valence-electron chi connectivity index (χ4n) is 1.11. The number of rotatable bonds is 6. The lowest BCUT2D eigenvalue weighted by molar-refractivity contribution is -0.153. The molecule has 0 aliphatic rings. The average molecular weight is 269 g/mol. The minimum absolute atomic E-state index is 0.0491. The summed E-state index contributed by atoms with van der Waals surface area (Å²) in [5.41, 5.74) is 0.575. The molecule has 1 aromatic heterocycles. The summed E-state index contributed by atoms with van der Waals surface area (Å²) in [6.07, 6.45) is -0.682. The zero-order valence-electron chi connectivity index (χ0n) is 10.3. The van der Waals surface area contributed by atoms with Gasteiger partial charge in [-0.2, -0.15) is 11.3 Å². The van der Waals surface area contributed by atoms with Crippen molar-refractivity contribution in [3.05, 3.63) is 22.4 Å². The summed E-state index contributed by atoms with van der Waals surface area (Å²) < 4.78 is 4.85. The maximum Gasteiger partial charge on any atom is 0.308 e. The Labute approximate surface area is 109 Å². The van der Waals surface area contributed by atoms with Crippen LogP contribution in [0.3, 0.4) is 0 Å². The number of carbonyl (C=O) groups excluding carboxylic acids is 3. The van der Waals surface area contributed by atoms with Gasteiger partial charge in [0, 0.05) is 17.5 Å². The molecule has 1 unspecified atom stereocenters. The summed E-state index contributed by atoms with van der Waals surface area (Å²) in [7, 11) is 0. The zero-order chi connectivity index (χ0) is 13.5. The summed E-state index contributed by atoms with van der Waals surface area (Å²) >= 11 is 1.43. The number of amides is 1. The molecular weight excluding hydrogens is 254 g/mol. The first kappa shape index (κ1) is 14.4. The van der Waals surface area contributed by atoms with Gasteiger partial charge in [0.2, 0.25) is 0 Å². The van der Waals surface area contributed by atoms with Gasteiger partial charge in [-0.05, 0) is 25.3 Å². The molecule has 18 heavy (non-hydrogen) atoms. The Kier molecular flexibility index (Phi) is 5.51. The molecule has 0 spiro atoms. The molecule has 1 amide bonds. The third kappa shape index (κ3) is 4.67. The van der Waals surface area contributed by atoms with Gasteiger partial charge in [0.15, 0.2) is 11.9 Å². The SMILES string of the molecule is CC(=O)C(C)OC(=O)CCNC(=O)c1ccsc1. The van der Waals surface area contributed by atoms with Crippen molar-refractivity contribution in [1.82, 2.24) is 5.32 Å². The van der Waals surface area contributed by atoms with Gasteiger partial charge in [-0.25, -0.2) is 0 Å². The van der Waals surface area contributed by atoms with Crippen molar-refractivity contribution in [1.29, 1.82) is 0 Å². The predicted octanol–water partition coefficient (Wildman–Crippen LogP) is 1.39. The lowest BCUT2D eigenvalue weighted by atomic mass is 10.3. The Morgan fingerprint density at radius 2 is 2.17 bits per heavy atom. The highest BCUT2D eigenvalue weighted by Crippen LogP contribution is 2.05. The van der Waals surface area contributed by atoms with E-state index in [9.17, 15) is 14.4 Å². The fraction of sp³-hybridized carbons (Fsp3) is 0.417. The van der Waals surface area contributed by atoms with E-state index in [-0.39, 0.29) is 24.7 Å². The predicted molar refractivity (Wildman–Crippen MR) is 67.5 cm³/mol. The normalized spacial score (nSPS) is 11.7. The Balaban J connectivity index is 2.24. The Morgan fingerprint density at radius 3 is 2.72 bits per heavy atom. The molecule has 98 valence electrons. The van der Waals surface area contributed by atoms with Crippen LogP contribution in [0.1, 0.15) is 30.6 Å². The number of thiophene rings is 1. The van der Waals surface area contributed by atoms with Crippen LogP contribution in [0.2, 0.25) is 0 Å². The molecule has 0 saturated carbocycles. The molecule has 1 aromatic rings. The van der Waals surface area contributed by atoms with Crippen LogP contribution in [0.25, 0.3) is 0 Å². The number of Topliss-reactive ketones (excluding diaryl/α,β-unsaturated/α-hetero) is 1. The summed E-state index contributed by atoms with van der Waals surface area (Å²) in [5.74, 6) is -0.919. The highest BCUT2D eigenvalue weighted by molar-refractivity contribution is 7.08. The van der Waals surface area contributed by atoms with Crippen LogP contribution in [0, 0.1) is 0 Å². The van der Waals surface area contributed by atoms with Crippen LogP contribution in [-0.2, 0) is 14.3 Å². The van der Waals surface area contributed by atoms with Gasteiger partial charge in [0.05, 0.1) is 6.42 Å². The second kappa shape index (κ2) is 6.90. The van der Waals surface area contributed by atoms with Crippen LogP contribution < -0.4 is 5.32 Å². The highest BCUT2D eigenvalue weighted by atomic mass is 32.1. The number of nitrogens with one attached hydrogen (secondary N) is 1. The summed E-state index contributed by atoms with van der Waals surface area (Å²) in [4.78, 5) is 33.7. The van der Waals surface area contributed by atoms with Gasteiger partial charge in [-0.1, -0.05) is 0 Å². The number of hydrogen-bond donors (Lipinski definition) is 1. The molecule has 0 aliphatic heterocycles. The first-order valence-corrected chi connectivity index (χ1v) is 6.45. The molecule has 1 atom stereocenters. The maximum atomic E-state index is 11.5.